The van der Waals surface area contributed by atoms with E-state index in [2.05, 4.69) is 20.0 Å². The first-order chi connectivity index (χ1) is 14.0. The first-order valence-corrected chi connectivity index (χ1v) is 11.3. The molecule has 8 heteroatoms. The summed E-state index contributed by atoms with van der Waals surface area (Å²) in [5, 5.41) is 13.6. The first-order valence-electron chi connectivity index (χ1n) is 9.79. The Morgan fingerprint density at radius 1 is 0.931 bits per heavy atom. The second kappa shape index (κ2) is 8.34. The van der Waals surface area contributed by atoms with E-state index >= 15 is 0 Å². The molecule has 0 radical (unpaired) electrons. The van der Waals surface area contributed by atoms with Crippen molar-refractivity contribution < 1.29 is 13.5 Å². The van der Waals surface area contributed by atoms with Crippen molar-refractivity contribution in [3.63, 3.8) is 0 Å². The standard InChI is InChI=1S/C21H24N4O3S/c26-19(15-8-4-5-9-15)14-22-20-21(24-18-13-7-6-12-17(18)23-20)25-29(27,28)16-10-2-1-3-11-16/h1-3,6-7,10-13,15,19,26H,4-5,8-9,14H2,(H,22,23)(H,24,25). The van der Waals surface area contributed by atoms with Crippen LogP contribution in [0.1, 0.15) is 25.7 Å². The molecule has 1 unspecified atom stereocenters. The van der Waals surface area contributed by atoms with Crippen molar-refractivity contribution in [3.8, 4) is 0 Å². The van der Waals surface area contributed by atoms with Gasteiger partial charge >= 0.3 is 0 Å². The van der Waals surface area contributed by atoms with Gasteiger partial charge in [0.2, 0.25) is 0 Å². The van der Waals surface area contributed by atoms with Crippen molar-refractivity contribution in [1.82, 2.24) is 9.97 Å². The second-order valence-corrected chi connectivity index (χ2v) is 9.00. The number of aliphatic hydroxyl groups excluding tert-OH is 1. The van der Waals surface area contributed by atoms with Crippen LogP contribution < -0.4 is 10.0 Å². The van der Waals surface area contributed by atoms with Gasteiger partial charge in [-0.2, -0.15) is 0 Å². The van der Waals surface area contributed by atoms with E-state index in [0.29, 0.717) is 16.9 Å². The average molecular weight is 413 g/mol. The molecule has 29 heavy (non-hydrogen) atoms. The van der Waals surface area contributed by atoms with Crippen molar-refractivity contribution in [1.29, 1.82) is 0 Å². The largest absolute Gasteiger partial charge is 0.391 e. The molecule has 0 spiro atoms. The Bertz CT molecular complexity index is 1080. The van der Waals surface area contributed by atoms with E-state index < -0.39 is 16.1 Å². The Morgan fingerprint density at radius 3 is 2.17 bits per heavy atom. The fourth-order valence-corrected chi connectivity index (χ4v) is 4.72. The Morgan fingerprint density at radius 2 is 1.52 bits per heavy atom. The molecule has 2 aromatic carbocycles. The number of para-hydroxylation sites is 2. The smallest absolute Gasteiger partial charge is 0.263 e. The zero-order chi connectivity index (χ0) is 20.3. The summed E-state index contributed by atoms with van der Waals surface area (Å²) in [6, 6.07) is 15.4. The first kappa shape index (κ1) is 19.6. The maximum absolute atomic E-state index is 12.8. The Labute approximate surface area is 170 Å². The highest BCUT2D eigenvalue weighted by Crippen LogP contribution is 2.29. The van der Waals surface area contributed by atoms with Crippen LogP contribution in [0.15, 0.2) is 59.5 Å². The van der Waals surface area contributed by atoms with E-state index in [9.17, 15) is 13.5 Å². The van der Waals surface area contributed by atoms with Crippen molar-refractivity contribution in [2.45, 2.75) is 36.7 Å². The maximum Gasteiger partial charge on any atom is 0.263 e. The van der Waals surface area contributed by atoms with Gasteiger partial charge in [0.15, 0.2) is 11.6 Å². The summed E-state index contributed by atoms with van der Waals surface area (Å²) in [5.41, 5.74) is 1.23. The number of aliphatic hydroxyl groups is 1. The van der Waals surface area contributed by atoms with Gasteiger partial charge in [-0.1, -0.05) is 43.2 Å². The molecule has 0 bridgehead atoms. The molecule has 7 nitrogen and oxygen atoms in total. The van der Waals surface area contributed by atoms with Crippen LogP contribution in [-0.2, 0) is 10.0 Å². The minimum Gasteiger partial charge on any atom is -0.391 e. The van der Waals surface area contributed by atoms with Crippen molar-refractivity contribution in [2.75, 3.05) is 16.6 Å². The van der Waals surface area contributed by atoms with Gasteiger partial charge in [-0.05, 0) is 43.0 Å². The zero-order valence-electron chi connectivity index (χ0n) is 16.0. The lowest BCUT2D eigenvalue weighted by Gasteiger charge is -2.19. The number of hydrogen-bond donors (Lipinski definition) is 3. The van der Waals surface area contributed by atoms with Gasteiger partial charge in [-0.25, -0.2) is 18.4 Å². The molecule has 152 valence electrons. The summed E-state index contributed by atoms with van der Waals surface area (Å²) in [6.07, 6.45) is 3.79. The summed E-state index contributed by atoms with van der Waals surface area (Å²) in [4.78, 5) is 9.15. The third-order valence-electron chi connectivity index (χ3n) is 5.28. The van der Waals surface area contributed by atoms with Crippen LogP contribution in [0.25, 0.3) is 11.0 Å². The number of nitrogens with zero attached hydrogens (tertiary/aromatic N) is 2. The van der Waals surface area contributed by atoms with Crippen LogP contribution >= 0.6 is 0 Å². The fraction of sp³-hybridized carbons (Fsp3) is 0.333. The van der Waals surface area contributed by atoms with Gasteiger partial charge in [-0.3, -0.25) is 4.72 Å². The third kappa shape index (κ3) is 4.49. The predicted molar refractivity (Wildman–Crippen MR) is 113 cm³/mol. The molecule has 3 N–H and O–H groups in total. The number of hydrogen-bond acceptors (Lipinski definition) is 6. The van der Waals surface area contributed by atoms with Crippen LogP contribution in [0.2, 0.25) is 0 Å². The van der Waals surface area contributed by atoms with Gasteiger partial charge in [0, 0.05) is 6.54 Å². The van der Waals surface area contributed by atoms with E-state index in [1.54, 1.807) is 24.3 Å². The predicted octanol–water partition coefficient (Wildman–Crippen LogP) is 3.39. The molecule has 1 fully saturated rings. The summed E-state index contributed by atoms with van der Waals surface area (Å²) < 4.78 is 28.1. The molecule has 0 aliphatic heterocycles. The van der Waals surface area contributed by atoms with Crippen LogP contribution in [0.3, 0.4) is 0 Å². The summed E-state index contributed by atoms with van der Waals surface area (Å²) >= 11 is 0. The molecule has 0 saturated heterocycles. The number of rotatable bonds is 7. The number of sulfonamides is 1. The lowest BCUT2D eigenvalue weighted by molar-refractivity contribution is 0.123. The normalized spacial score (nSPS) is 16.0. The maximum atomic E-state index is 12.8. The van der Waals surface area contributed by atoms with Crippen LogP contribution in [0.5, 0.6) is 0 Å². The highest BCUT2D eigenvalue weighted by molar-refractivity contribution is 7.92. The van der Waals surface area contributed by atoms with Crippen LogP contribution in [0, 0.1) is 5.92 Å². The highest BCUT2D eigenvalue weighted by atomic mass is 32.2. The number of benzene rings is 2. The monoisotopic (exact) mass is 412 g/mol. The Kier molecular flexibility index (Phi) is 5.64. The molecule has 1 aliphatic rings. The Balaban J connectivity index is 1.63. The SMILES string of the molecule is O=S(=O)(Nc1nc2ccccc2nc1NCC(O)C1CCCC1)c1ccccc1. The van der Waals surface area contributed by atoms with E-state index in [1.807, 2.05) is 18.2 Å². The second-order valence-electron chi connectivity index (χ2n) is 7.32. The van der Waals surface area contributed by atoms with E-state index in [-0.39, 0.29) is 23.2 Å². The molecule has 1 aromatic heterocycles. The average Bonchev–Trinajstić information content (AvgIpc) is 3.27. The quantitative estimate of drug-likeness (QED) is 0.549. The number of nitrogens with one attached hydrogen (secondary N) is 2. The molecule has 1 aliphatic carbocycles. The lowest BCUT2D eigenvalue weighted by Crippen LogP contribution is -2.27. The minimum atomic E-state index is -3.81. The molecule has 1 heterocycles. The van der Waals surface area contributed by atoms with Crippen molar-refractivity contribution in [3.05, 3.63) is 54.6 Å². The van der Waals surface area contributed by atoms with Gasteiger partial charge in [0.05, 0.1) is 22.0 Å². The zero-order valence-corrected chi connectivity index (χ0v) is 16.8. The van der Waals surface area contributed by atoms with Gasteiger partial charge in [0.25, 0.3) is 10.0 Å². The molecular weight excluding hydrogens is 388 g/mol. The number of aromatic nitrogens is 2. The van der Waals surface area contributed by atoms with E-state index in [1.165, 1.54) is 12.1 Å². The van der Waals surface area contributed by atoms with Gasteiger partial charge in [0.1, 0.15) is 0 Å². The van der Waals surface area contributed by atoms with Crippen molar-refractivity contribution in [2.24, 2.45) is 5.92 Å². The van der Waals surface area contributed by atoms with Gasteiger partial charge < -0.3 is 10.4 Å². The molecular formula is C21H24N4O3S. The lowest BCUT2D eigenvalue weighted by atomic mass is 10.0. The van der Waals surface area contributed by atoms with Crippen LogP contribution in [-0.4, -0.2) is 36.1 Å². The number of anilines is 2. The van der Waals surface area contributed by atoms with E-state index in [4.69, 9.17) is 0 Å². The minimum absolute atomic E-state index is 0.117. The molecule has 1 saturated carbocycles. The van der Waals surface area contributed by atoms with Gasteiger partial charge in [-0.15, -0.1) is 0 Å². The molecule has 0 amide bonds. The third-order valence-corrected chi connectivity index (χ3v) is 6.63. The summed E-state index contributed by atoms with van der Waals surface area (Å²) in [7, 11) is -3.81. The van der Waals surface area contributed by atoms with Crippen molar-refractivity contribution >= 4 is 32.7 Å². The van der Waals surface area contributed by atoms with E-state index in [0.717, 1.165) is 25.7 Å². The summed E-state index contributed by atoms with van der Waals surface area (Å²) in [5.74, 6) is 0.687. The molecule has 4 rings (SSSR count). The highest BCUT2D eigenvalue weighted by Gasteiger charge is 2.24. The fourth-order valence-electron chi connectivity index (χ4n) is 3.69. The number of fused-ring (bicyclic) bond motifs is 1. The summed E-state index contributed by atoms with van der Waals surface area (Å²) in [6.45, 7) is 0.289. The molecule has 1 atom stereocenters. The molecule has 3 aromatic rings. The Hall–Kier alpha value is -2.71. The topological polar surface area (TPSA) is 104 Å². The van der Waals surface area contributed by atoms with Crippen LogP contribution in [0.4, 0.5) is 11.6 Å².